The summed E-state index contributed by atoms with van der Waals surface area (Å²) in [5.41, 5.74) is -0.233. The van der Waals surface area contributed by atoms with E-state index >= 15 is 0 Å². The van der Waals surface area contributed by atoms with Gasteiger partial charge < -0.3 is 50.2 Å². The van der Waals surface area contributed by atoms with Crippen LogP contribution in [-0.4, -0.2) is 128 Å². The van der Waals surface area contributed by atoms with Crippen LogP contribution in [0.25, 0.3) is 10.8 Å². The summed E-state index contributed by atoms with van der Waals surface area (Å²) in [5.74, 6) is -7.52. The van der Waals surface area contributed by atoms with Crippen LogP contribution in [0.3, 0.4) is 0 Å². The molecule has 5 bridgehead atoms. The second-order valence-electron chi connectivity index (χ2n) is 17.2. The molecule has 1 saturated carbocycles. The molecule has 15 nitrogen and oxygen atoms in total. The molecule has 0 aromatic heterocycles. The van der Waals surface area contributed by atoms with Crippen molar-refractivity contribution in [1.29, 1.82) is 0 Å². The highest BCUT2D eigenvalue weighted by Gasteiger charge is 2.50. The average Bonchev–Trinajstić information content (AvgIpc) is 3.87. The maximum Gasteiger partial charge on any atom is 0.312 e. The number of rotatable bonds is 4. The van der Waals surface area contributed by atoms with Crippen molar-refractivity contribution in [3.8, 4) is 23.0 Å². The molecule has 1 aliphatic carbocycles. The molecule has 2 aromatic carbocycles. The molecule has 7 N–H and O–H groups in total. The van der Waals surface area contributed by atoms with Crippen LogP contribution in [-0.2, 0) is 14.3 Å². The number of Topliss-reactive ketones (excluding diaryl/α,β-unsaturated/α-hetero) is 1. The summed E-state index contributed by atoms with van der Waals surface area (Å²) in [4.78, 5) is 30.7. The number of carbonyl (C=O) groups is 2. The molecule has 4 heterocycles. The van der Waals surface area contributed by atoms with Gasteiger partial charge in [0.25, 0.3) is 11.7 Å². The molecule has 328 valence electrons. The van der Waals surface area contributed by atoms with Gasteiger partial charge in [-0.3, -0.25) is 19.5 Å². The lowest BCUT2D eigenvalue weighted by Gasteiger charge is -2.36. The van der Waals surface area contributed by atoms with E-state index in [9.17, 15) is 40.2 Å². The predicted molar refractivity (Wildman–Crippen MR) is 227 cm³/mol. The number of hydrazone groups is 1. The molecule has 1 amide bonds. The fourth-order valence-electron chi connectivity index (χ4n) is 9.08. The number of fused-ring (bicyclic) bond motifs is 14. The summed E-state index contributed by atoms with van der Waals surface area (Å²) in [6.07, 6.45) is 9.71. The Labute approximate surface area is 351 Å². The van der Waals surface area contributed by atoms with Crippen LogP contribution in [0, 0.1) is 30.6 Å². The maximum absolute atomic E-state index is 14.4. The first-order valence-corrected chi connectivity index (χ1v) is 21.0. The van der Waals surface area contributed by atoms with E-state index in [0.29, 0.717) is 19.1 Å². The third kappa shape index (κ3) is 8.47. The van der Waals surface area contributed by atoms with E-state index in [-0.39, 0.29) is 44.5 Å². The highest BCUT2D eigenvalue weighted by atomic mass is 16.7. The largest absolute Gasteiger partial charge is 0.507 e. The fraction of sp³-hybridized carbons (Fsp3) is 0.578. The molecule has 2 fully saturated rings. The third-order valence-electron chi connectivity index (χ3n) is 13.3. The van der Waals surface area contributed by atoms with Gasteiger partial charge in [0.1, 0.15) is 17.2 Å². The number of aromatic hydroxyl groups is 3. The van der Waals surface area contributed by atoms with Gasteiger partial charge in [-0.1, -0.05) is 58.8 Å². The van der Waals surface area contributed by atoms with Gasteiger partial charge in [0, 0.05) is 86.4 Å². The van der Waals surface area contributed by atoms with Crippen molar-refractivity contribution >= 4 is 34.4 Å². The minimum atomic E-state index is -2.01. The summed E-state index contributed by atoms with van der Waals surface area (Å²) in [5, 5.41) is 78.4. The van der Waals surface area contributed by atoms with Gasteiger partial charge in [0.2, 0.25) is 0 Å². The lowest BCUT2D eigenvalue weighted by Crippen LogP contribution is -2.47. The van der Waals surface area contributed by atoms with Crippen LogP contribution in [0.4, 0.5) is 5.69 Å². The maximum atomic E-state index is 14.4. The number of carbonyl (C=O) groups excluding carboxylic acids is 2. The predicted octanol–water partition coefficient (Wildman–Crippen LogP) is 5.08. The number of nitrogens with one attached hydrogen (secondary N) is 1. The number of hydrogen-bond acceptors (Lipinski definition) is 14. The van der Waals surface area contributed by atoms with E-state index in [0.717, 1.165) is 13.1 Å². The molecule has 15 heteroatoms. The number of methoxy groups -OCH3 is 1. The zero-order valence-corrected chi connectivity index (χ0v) is 35.9. The van der Waals surface area contributed by atoms with Crippen LogP contribution < -0.4 is 10.1 Å². The number of ketones is 1. The smallest absolute Gasteiger partial charge is 0.312 e. The van der Waals surface area contributed by atoms with Crippen molar-refractivity contribution in [2.45, 2.75) is 110 Å². The van der Waals surface area contributed by atoms with Gasteiger partial charge in [-0.05, 0) is 32.8 Å². The molecular weight excluding hydrogens is 773 g/mol. The zero-order chi connectivity index (χ0) is 43.8. The summed E-state index contributed by atoms with van der Waals surface area (Å²) in [6, 6.07) is 0.561. The van der Waals surface area contributed by atoms with E-state index < -0.39 is 82.8 Å². The highest BCUT2D eigenvalue weighted by Crippen LogP contribution is 2.55. The van der Waals surface area contributed by atoms with Crippen LogP contribution in [0.15, 0.2) is 41.2 Å². The lowest BCUT2D eigenvalue weighted by molar-refractivity contribution is -0.112. The van der Waals surface area contributed by atoms with Crippen molar-refractivity contribution in [1.82, 2.24) is 9.91 Å². The first-order valence-electron chi connectivity index (χ1n) is 21.0. The van der Waals surface area contributed by atoms with E-state index in [1.807, 2.05) is 5.01 Å². The molecule has 1 saturated heterocycles. The van der Waals surface area contributed by atoms with Crippen LogP contribution in [0.2, 0.25) is 0 Å². The highest BCUT2D eigenvalue weighted by molar-refractivity contribution is 6.23. The Bertz CT molecular complexity index is 2070. The molecule has 7 rings (SSSR count). The summed E-state index contributed by atoms with van der Waals surface area (Å²) >= 11 is 0. The number of amides is 1. The summed E-state index contributed by atoms with van der Waals surface area (Å²) < 4.78 is 17.8. The minimum absolute atomic E-state index is 0.0742. The van der Waals surface area contributed by atoms with Gasteiger partial charge in [-0.25, -0.2) is 0 Å². The number of aliphatic hydroxyl groups is 3. The molecule has 9 atom stereocenters. The first-order chi connectivity index (χ1) is 28.4. The van der Waals surface area contributed by atoms with Gasteiger partial charge in [0.05, 0.1) is 59.1 Å². The number of phenols is 3. The number of aliphatic hydroxyl groups excluding tert-OH is 3. The van der Waals surface area contributed by atoms with E-state index in [1.165, 1.54) is 71.3 Å². The van der Waals surface area contributed by atoms with E-state index in [4.69, 9.17) is 14.2 Å². The zero-order valence-electron chi connectivity index (χ0n) is 35.9. The molecule has 0 radical (unpaired) electrons. The molecule has 0 spiro atoms. The van der Waals surface area contributed by atoms with Gasteiger partial charge in [0.15, 0.2) is 5.75 Å². The SMILES string of the molecule is CO[C@H]1/C=C/O[C@@]2(C)Oc3c(C)c(O)c4c(O)c(c(/C=N\N5CCN(C6CCCC6)CC5)c(O)c4c3C2=O)NC(=O)C(C)=C/C=C/[C@H](C)[C@H](O)[C@@H](C)[C@@H](O)[C@@H](C)[C@H](O)[C@@H]1C. The monoisotopic (exact) mass is 834 g/mol. The summed E-state index contributed by atoms with van der Waals surface area (Å²) in [6.45, 7) is 14.1. The number of anilines is 1. The Morgan fingerprint density at radius 3 is 2.15 bits per heavy atom. The molecule has 0 unspecified atom stereocenters. The Balaban J connectivity index is 1.46. The molecule has 60 heavy (non-hydrogen) atoms. The standard InChI is InChI=1S/C45H62N4O11/c1-23-12-11-13-24(2)44(57)47-35-30(22-46-49-19-17-48(18-20-49)29-14-9-10-15-29)40(54)32-33(41(35)55)39(53)28(6)42-34(32)43(56)45(7,60-42)59-21-16-31(58-8)25(3)37(51)27(5)38(52)26(4)36(23)50/h11-13,16,21-23,25-27,29,31,36-38,50-55H,9-10,14-15,17-20H2,1-8H3,(H,47,57)/b12-11+,21-16+,24-13?,46-22-/t23-,25+,26+,27-,31-,36-,37+,38+,45-/m0/s1. The van der Waals surface area contributed by atoms with Crippen molar-refractivity contribution in [2.24, 2.45) is 28.8 Å². The first kappa shape index (κ1) is 44.9. The number of hydrogen-bond donors (Lipinski definition) is 7. The van der Waals surface area contributed by atoms with Crippen LogP contribution in [0.1, 0.15) is 88.7 Å². The number of nitrogens with zero attached hydrogens (tertiary/aromatic N) is 3. The molecular formula is C45H62N4O11. The Morgan fingerprint density at radius 2 is 1.50 bits per heavy atom. The van der Waals surface area contributed by atoms with Crippen molar-refractivity contribution < 1.29 is 54.4 Å². The fourth-order valence-corrected chi connectivity index (χ4v) is 9.08. The van der Waals surface area contributed by atoms with E-state index in [2.05, 4.69) is 15.3 Å². The van der Waals surface area contributed by atoms with Gasteiger partial charge >= 0.3 is 5.79 Å². The second-order valence-corrected chi connectivity index (χ2v) is 17.2. The second kappa shape index (κ2) is 18.1. The summed E-state index contributed by atoms with van der Waals surface area (Å²) in [7, 11) is 1.45. The van der Waals surface area contributed by atoms with E-state index in [1.54, 1.807) is 46.8 Å². The Hall–Kier alpha value is -4.67. The number of allylic oxidation sites excluding steroid dienone is 2. The van der Waals surface area contributed by atoms with Gasteiger partial charge in [-0.15, -0.1) is 0 Å². The normalized spacial score (nSPS) is 32.6. The molecule has 2 aromatic rings. The minimum Gasteiger partial charge on any atom is -0.507 e. The van der Waals surface area contributed by atoms with Crippen molar-refractivity contribution in [3.05, 3.63) is 52.8 Å². The topological polar surface area (TPSA) is 214 Å². The number of piperazine rings is 1. The average molecular weight is 835 g/mol. The number of phenolic OH excluding ortho intramolecular Hbond substituents is 3. The van der Waals surface area contributed by atoms with Gasteiger partial charge in [-0.2, -0.15) is 5.10 Å². The molecule has 5 aliphatic rings. The van der Waals surface area contributed by atoms with Crippen molar-refractivity contribution in [3.63, 3.8) is 0 Å². The van der Waals surface area contributed by atoms with Crippen LogP contribution >= 0.6 is 0 Å². The number of benzene rings is 2. The lowest BCUT2D eigenvalue weighted by atomic mass is 9.78. The van der Waals surface area contributed by atoms with Crippen molar-refractivity contribution in [2.75, 3.05) is 38.6 Å². The Morgan fingerprint density at radius 1 is 0.867 bits per heavy atom. The third-order valence-corrected chi connectivity index (χ3v) is 13.3. The number of ether oxygens (including phenoxy) is 3. The Kier molecular flexibility index (Phi) is 13.6. The molecule has 4 aliphatic heterocycles. The van der Waals surface area contributed by atoms with Crippen LogP contribution in [0.5, 0.6) is 23.0 Å². The quantitative estimate of drug-likeness (QED) is 0.122.